The van der Waals surface area contributed by atoms with Gasteiger partial charge in [0.15, 0.2) is 18.9 Å². The molecule has 0 spiro atoms. The van der Waals surface area contributed by atoms with Gasteiger partial charge in [-0.3, -0.25) is 0 Å². The van der Waals surface area contributed by atoms with Crippen LogP contribution in [0.2, 0.25) is 0 Å². The van der Waals surface area contributed by atoms with Crippen LogP contribution in [-0.4, -0.2) is 172 Å². The van der Waals surface area contributed by atoms with Crippen LogP contribution in [0.5, 0.6) is 0 Å². The summed E-state index contributed by atoms with van der Waals surface area (Å²) >= 11 is 0. The predicted molar refractivity (Wildman–Crippen MR) is 290 cm³/mol. The zero-order chi connectivity index (χ0) is 55.1. The van der Waals surface area contributed by atoms with E-state index in [0.717, 1.165) is 12.8 Å². The molecular formula is C59H114O15. The molecule has 0 saturated carbocycles. The molecular weight excluding hydrogens is 949 g/mol. The van der Waals surface area contributed by atoms with Crippen LogP contribution in [0.25, 0.3) is 0 Å². The Morgan fingerprint density at radius 1 is 0.284 bits per heavy atom. The van der Waals surface area contributed by atoms with Crippen LogP contribution in [-0.2, 0) is 71.1 Å². The lowest BCUT2D eigenvalue weighted by Gasteiger charge is -2.49. The smallest absolute Gasteiger partial charge is 0.187 e. The van der Waals surface area contributed by atoms with Crippen molar-refractivity contribution in [3.05, 3.63) is 0 Å². The summed E-state index contributed by atoms with van der Waals surface area (Å²) < 4.78 is 103. The van der Waals surface area contributed by atoms with Crippen LogP contribution < -0.4 is 0 Å². The fourth-order valence-corrected chi connectivity index (χ4v) is 9.14. The maximum atomic E-state index is 7.20. The Bertz CT molecular complexity index is 1400. The molecule has 440 valence electrons. The molecule has 3 saturated heterocycles. The van der Waals surface area contributed by atoms with Crippen LogP contribution in [0.4, 0.5) is 0 Å². The maximum Gasteiger partial charge on any atom is 0.187 e. The second-order valence-corrected chi connectivity index (χ2v) is 25.2. The van der Waals surface area contributed by atoms with Crippen molar-refractivity contribution in [2.75, 3.05) is 85.9 Å². The van der Waals surface area contributed by atoms with E-state index in [9.17, 15) is 0 Å². The van der Waals surface area contributed by atoms with Crippen LogP contribution in [0, 0.1) is 59.2 Å². The molecule has 0 aliphatic carbocycles. The lowest BCUT2D eigenvalue weighted by molar-refractivity contribution is -0.357. The van der Waals surface area contributed by atoms with Gasteiger partial charge in [-0.15, -0.1) is 0 Å². The molecule has 3 aliphatic heterocycles. The van der Waals surface area contributed by atoms with Crippen molar-refractivity contribution in [1.82, 2.24) is 0 Å². The fourth-order valence-electron chi connectivity index (χ4n) is 9.14. The molecule has 15 atom stereocenters. The molecule has 0 aromatic rings. The normalized spacial score (nSPS) is 31.3. The summed E-state index contributed by atoms with van der Waals surface area (Å²) in [5.74, 6) is 2.36. The average Bonchev–Trinajstić information content (AvgIpc) is 3.31. The molecule has 3 heterocycles. The third-order valence-electron chi connectivity index (χ3n) is 12.5. The molecule has 3 rings (SSSR count). The third-order valence-corrected chi connectivity index (χ3v) is 12.5. The second kappa shape index (κ2) is 35.9. The first-order chi connectivity index (χ1) is 35.1. The van der Waals surface area contributed by atoms with Gasteiger partial charge < -0.3 is 71.1 Å². The van der Waals surface area contributed by atoms with Crippen LogP contribution >= 0.6 is 0 Å². The predicted octanol–water partition coefficient (Wildman–Crippen LogP) is 10.6. The van der Waals surface area contributed by atoms with E-state index in [-0.39, 0.29) is 66.8 Å². The van der Waals surface area contributed by atoms with Gasteiger partial charge in [0, 0.05) is 65.4 Å². The number of hydrogen-bond donors (Lipinski definition) is 0. The van der Waals surface area contributed by atoms with Crippen LogP contribution in [0.3, 0.4) is 0 Å². The van der Waals surface area contributed by atoms with E-state index < -0.39 is 73.8 Å². The van der Waals surface area contributed by atoms with Crippen LogP contribution in [0.1, 0.15) is 151 Å². The molecule has 74 heavy (non-hydrogen) atoms. The molecule has 0 radical (unpaired) electrons. The van der Waals surface area contributed by atoms with E-state index in [2.05, 4.69) is 132 Å². The Hall–Kier alpha value is -0.600. The molecule has 15 heteroatoms. The van der Waals surface area contributed by atoms with E-state index in [1.54, 1.807) is 0 Å². The Morgan fingerprint density at radius 2 is 0.581 bits per heavy atom. The van der Waals surface area contributed by atoms with Gasteiger partial charge in [0.1, 0.15) is 61.0 Å². The summed E-state index contributed by atoms with van der Waals surface area (Å²) in [6.07, 6.45) is -6.35. The highest BCUT2D eigenvalue weighted by Crippen LogP contribution is 2.38. The molecule has 0 aromatic heterocycles. The number of ether oxygens (including phenoxy) is 15. The quantitative estimate of drug-likeness (QED) is 0.0579. The van der Waals surface area contributed by atoms with Gasteiger partial charge in [0.2, 0.25) is 0 Å². The lowest BCUT2D eigenvalue weighted by atomic mass is 9.87. The highest BCUT2D eigenvalue weighted by atomic mass is 16.8. The van der Waals surface area contributed by atoms with E-state index in [4.69, 9.17) is 71.1 Å². The van der Waals surface area contributed by atoms with Crippen molar-refractivity contribution in [2.45, 2.75) is 237 Å². The summed E-state index contributed by atoms with van der Waals surface area (Å²) in [6, 6.07) is 0. The molecule has 3 fully saturated rings. The summed E-state index contributed by atoms with van der Waals surface area (Å²) in [6.45, 7) is 48.5. The molecule has 0 unspecified atom stereocenters. The number of rotatable bonds is 38. The van der Waals surface area contributed by atoms with E-state index in [1.807, 2.05) is 6.92 Å². The molecule has 0 aromatic carbocycles. The molecule has 15 nitrogen and oxygen atoms in total. The number of hydrogen-bond acceptors (Lipinski definition) is 15. The molecule has 0 bridgehead atoms. The van der Waals surface area contributed by atoms with Crippen molar-refractivity contribution >= 4 is 0 Å². The zero-order valence-electron chi connectivity index (χ0n) is 50.6. The SMILES string of the molecule is CCC[C@H]1[C@@H](OC[C@H]2O[C@H](OC[C@H]3O[C@H](OCC(C)C)[C@H](OCC(C)C)[C@@H](OCC)[C@@H]3OCC(C)C)[C@H](OCC(C)C)[C@@H](OCC(C)C)[C@@H]2OCC(C)C)O[C@H](COCC(C)C)[C@@H](OCC(C)C)[C@@H]1OCC(C)C. The third kappa shape index (κ3) is 24.0. The largest absolute Gasteiger partial charge is 0.378 e. The van der Waals surface area contributed by atoms with Crippen molar-refractivity contribution in [2.24, 2.45) is 59.2 Å². The maximum absolute atomic E-state index is 7.20. The summed E-state index contributed by atoms with van der Waals surface area (Å²) in [4.78, 5) is 0. The van der Waals surface area contributed by atoms with Crippen molar-refractivity contribution in [3.8, 4) is 0 Å². The minimum Gasteiger partial charge on any atom is -0.378 e. The highest BCUT2D eigenvalue weighted by molar-refractivity contribution is 4.97. The van der Waals surface area contributed by atoms with Gasteiger partial charge >= 0.3 is 0 Å². The molecule has 3 aliphatic rings. The first kappa shape index (κ1) is 67.7. The fraction of sp³-hybridized carbons (Fsp3) is 1.00. The van der Waals surface area contributed by atoms with Gasteiger partial charge in [-0.05, 0) is 66.6 Å². The van der Waals surface area contributed by atoms with Crippen molar-refractivity contribution < 1.29 is 71.1 Å². The van der Waals surface area contributed by atoms with E-state index in [1.165, 1.54) is 0 Å². The molecule has 0 amide bonds. The summed E-state index contributed by atoms with van der Waals surface area (Å²) in [5, 5.41) is 0. The first-order valence-electron chi connectivity index (χ1n) is 29.4. The molecule has 0 N–H and O–H groups in total. The van der Waals surface area contributed by atoms with Gasteiger partial charge in [0.25, 0.3) is 0 Å². The Labute approximate surface area is 452 Å². The van der Waals surface area contributed by atoms with Gasteiger partial charge in [0.05, 0.1) is 32.5 Å². The van der Waals surface area contributed by atoms with Gasteiger partial charge in [-0.2, -0.15) is 0 Å². The van der Waals surface area contributed by atoms with Crippen molar-refractivity contribution in [1.29, 1.82) is 0 Å². The highest BCUT2D eigenvalue weighted by Gasteiger charge is 2.54. The first-order valence-corrected chi connectivity index (χ1v) is 29.4. The van der Waals surface area contributed by atoms with Crippen molar-refractivity contribution in [3.63, 3.8) is 0 Å². The van der Waals surface area contributed by atoms with Crippen LogP contribution in [0.15, 0.2) is 0 Å². The van der Waals surface area contributed by atoms with Gasteiger partial charge in [-0.25, -0.2) is 0 Å². The summed E-state index contributed by atoms with van der Waals surface area (Å²) in [5.41, 5.74) is 0. The lowest BCUT2D eigenvalue weighted by Crippen LogP contribution is -2.65. The van der Waals surface area contributed by atoms with Gasteiger partial charge in [-0.1, -0.05) is 138 Å². The zero-order valence-corrected chi connectivity index (χ0v) is 50.6. The minimum atomic E-state index is -0.921. The van der Waals surface area contributed by atoms with E-state index >= 15 is 0 Å². The average molecular weight is 1060 g/mol. The summed E-state index contributed by atoms with van der Waals surface area (Å²) in [7, 11) is 0. The monoisotopic (exact) mass is 1060 g/mol. The standard InChI is InChI=1S/C59H114O15/c1-21-23-45-49(62-25-37(5)6)50(63-26-38(7)8)46(33-60-24-36(3)4)72-57(45)70-34-47-52(65-28-40(11)12)54(66-29-41(13)14)56(68-31-43(17)18)59(74-47)71-35-48-51(64-27-39(9)10)53(61-22-2)55(67-30-42(15)16)58(73-48)69-32-44(19)20/h36-59H,21-35H2,1-20H3/t45-,46-,47-,48-,49-,50-,51-,52-,53+,54+,55-,56-,57+,58+,59+/m1/s1. The minimum absolute atomic E-state index is 0.0774. The Kier molecular flexibility index (Phi) is 32.8. The van der Waals surface area contributed by atoms with E-state index in [0.29, 0.717) is 90.4 Å². The Balaban J connectivity index is 2.16. The Morgan fingerprint density at radius 3 is 0.973 bits per heavy atom. The second-order valence-electron chi connectivity index (χ2n) is 25.2. The topological polar surface area (TPSA) is 138 Å².